The van der Waals surface area contributed by atoms with Crippen molar-refractivity contribution in [2.24, 2.45) is 0 Å². The molecule has 2 rings (SSSR count). The van der Waals surface area contributed by atoms with E-state index < -0.39 is 17.2 Å². The molecule has 0 aliphatic heterocycles. The van der Waals surface area contributed by atoms with Crippen LogP contribution in [-0.4, -0.2) is 42.2 Å². The van der Waals surface area contributed by atoms with E-state index in [9.17, 15) is 14.4 Å². The number of carbonyl (C=O) groups is 2. The number of rotatable bonds is 7. The molecule has 1 aliphatic carbocycles. The minimum atomic E-state index is -0.532. The minimum Gasteiger partial charge on any atom is -0.383 e. The van der Waals surface area contributed by atoms with Gasteiger partial charge < -0.3 is 19.9 Å². The summed E-state index contributed by atoms with van der Waals surface area (Å²) < 4.78 is 6.76. The number of methoxy groups -OCH3 is 1. The van der Waals surface area contributed by atoms with Gasteiger partial charge in [-0.1, -0.05) is 32.1 Å². The van der Waals surface area contributed by atoms with Crippen LogP contribution in [0.3, 0.4) is 0 Å². The average Bonchev–Trinajstić information content (AvgIpc) is 2.62. The fourth-order valence-electron chi connectivity index (χ4n) is 3.48. The standard InChI is InChI=1S/C21H33N3O4/c1-15(2)22-20(26)17-13-24(11-12-28-3)14-18(19(17)25)21(27)23-16-9-7-5-4-6-8-10-16/h13-16H,4-12H2,1-3H3,(H,22,26)(H,23,27). The topological polar surface area (TPSA) is 89.4 Å². The van der Waals surface area contributed by atoms with Crippen molar-refractivity contribution in [1.82, 2.24) is 15.2 Å². The van der Waals surface area contributed by atoms with E-state index in [1.165, 1.54) is 31.7 Å². The lowest BCUT2D eigenvalue weighted by Crippen LogP contribution is -2.40. The predicted molar refractivity (Wildman–Crippen MR) is 109 cm³/mol. The summed E-state index contributed by atoms with van der Waals surface area (Å²) in [4.78, 5) is 38.2. The van der Waals surface area contributed by atoms with Crippen molar-refractivity contribution in [2.75, 3.05) is 13.7 Å². The van der Waals surface area contributed by atoms with Gasteiger partial charge >= 0.3 is 0 Å². The highest BCUT2D eigenvalue weighted by atomic mass is 16.5. The molecule has 1 aliphatic rings. The second kappa shape index (κ2) is 11.0. The second-order valence-corrected chi connectivity index (χ2v) is 7.79. The van der Waals surface area contributed by atoms with Crippen LogP contribution in [0.15, 0.2) is 17.2 Å². The molecule has 1 fully saturated rings. The zero-order valence-corrected chi connectivity index (χ0v) is 17.3. The number of nitrogens with one attached hydrogen (secondary N) is 2. The van der Waals surface area contributed by atoms with Crippen molar-refractivity contribution in [2.45, 2.75) is 77.4 Å². The Morgan fingerprint density at radius 2 is 1.64 bits per heavy atom. The van der Waals surface area contributed by atoms with E-state index in [-0.39, 0.29) is 23.2 Å². The molecule has 0 spiro atoms. The van der Waals surface area contributed by atoms with Gasteiger partial charge in [0.05, 0.1) is 6.61 Å². The molecule has 1 heterocycles. The Morgan fingerprint density at radius 3 is 2.21 bits per heavy atom. The first-order valence-electron chi connectivity index (χ1n) is 10.3. The van der Waals surface area contributed by atoms with Gasteiger partial charge in [0.1, 0.15) is 11.1 Å². The Labute approximate surface area is 166 Å². The maximum absolute atomic E-state index is 12.9. The quantitative estimate of drug-likeness (QED) is 0.747. The first-order valence-corrected chi connectivity index (χ1v) is 10.3. The third-order valence-electron chi connectivity index (χ3n) is 4.98. The van der Waals surface area contributed by atoms with Gasteiger partial charge in [-0.15, -0.1) is 0 Å². The summed E-state index contributed by atoms with van der Waals surface area (Å²) in [7, 11) is 1.58. The number of nitrogens with zero attached hydrogens (tertiary/aromatic N) is 1. The van der Waals surface area contributed by atoms with Crippen LogP contribution in [-0.2, 0) is 11.3 Å². The van der Waals surface area contributed by atoms with Gasteiger partial charge in [0.25, 0.3) is 11.8 Å². The monoisotopic (exact) mass is 391 g/mol. The number of aromatic nitrogens is 1. The maximum atomic E-state index is 12.9. The lowest BCUT2D eigenvalue weighted by Gasteiger charge is -2.21. The van der Waals surface area contributed by atoms with Gasteiger partial charge in [0, 0.05) is 38.1 Å². The number of hydrogen-bond acceptors (Lipinski definition) is 4. The van der Waals surface area contributed by atoms with Crippen molar-refractivity contribution in [3.8, 4) is 0 Å². The van der Waals surface area contributed by atoms with E-state index in [4.69, 9.17) is 4.74 Å². The van der Waals surface area contributed by atoms with Crippen molar-refractivity contribution in [1.29, 1.82) is 0 Å². The summed E-state index contributed by atoms with van der Waals surface area (Å²) in [6.07, 6.45) is 10.6. The third-order valence-corrected chi connectivity index (χ3v) is 4.98. The van der Waals surface area contributed by atoms with E-state index in [2.05, 4.69) is 10.6 Å². The van der Waals surface area contributed by atoms with Crippen LogP contribution in [0.4, 0.5) is 0 Å². The molecule has 7 nitrogen and oxygen atoms in total. The van der Waals surface area contributed by atoms with Crippen LogP contribution < -0.4 is 16.1 Å². The van der Waals surface area contributed by atoms with Crippen LogP contribution in [0.25, 0.3) is 0 Å². The van der Waals surface area contributed by atoms with Gasteiger partial charge in [0.15, 0.2) is 0 Å². The summed E-state index contributed by atoms with van der Waals surface area (Å²) >= 11 is 0. The molecule has 2 N–H and O–H groups in total. The van der Waals surface area contributed by atoms with E-state index in [1.807, 2.05) is 13.8 Å². The number of ether oxygens (including phenoxy) is 1. The molecule has 2 amide bonds. The van der Waals surface area contributed by atoms with E-state index in [1.54, 1.807) is 11.7 Å². The molecule has 0 unspecified atom stereocenters. The Balaban J connectivity index is 2.27. The number of hydrogen-bond donors (Lipinski definition) is 2. The van der Waals surface area contributed by atoms with E-state index in [0.717, 1.165) is 25.7 Å². The molecule has 0 bridgehead atoms. The molecule has 1 saturated carbocycles. The summed E-state index contributed by atoms with van der Waals surface area (Å²) in [6.45, 7) is 4.51. The molecular weight excluding hydrogens is 358 g/mol. The highest BCUT2D eigenvalue weighted by molar-refractivity contribution is 5.99. The first-order chi connectivity index (χ1) is 13.4. The highest BCUT2D eigenvalue weighted by Gasteiger charge is 2.22. The van der Waals surface area contributed by atoms with Crippen LogP contribution in [0.2, 0.25) is 0 Å². The van der Waals surface area contributed by atoms with E-state index in [0.29, 0.717) is 13.2 Å². The van der Waals surface area contributed by atoms with Crippen LogP contribution in [0.5, 0.6) is 0 Å². The van der Waals surface area contributed by atoms with Crippen LogP contribution in [0, 0.1) is 0 Å². The Kier molecular flexibility index (Phi) is 8.70. The minimum absolute atomic E-state index is 0.00886. The fourth-order valence-corrected chi connectivity index (χ4v) is 3.48. The van der Waals surface area contributed by atoms with Crippen molar-refractivity contribution >= 4 is 11.8 Å². The summed E-state index contributed by atoms with van der Waals surface area (Å²) in [5.74, 6) is -0.868. The molecule has 1 aromatic rings. The zero-order valence-electron chi connectivity index (χ0n) is 17.3. The van der Waals surface area contributed by atoms with Crippen molar-refractivity contribution < 1.29 is 14.3 Å². The van der Waals surface area contributed by atoms with Gasteiger partial charge in [-0.25, -0.2) is 0 Å². The Hall–Kier alpha value is -2.15. The van der Waals surface area contributed by atoms with Crippen LogP contribution >= 0.6 is 0 Å². The lowest BCUT2D eigenvalue weighted by molar-refractivity contribution is 0.0928. The van der Waals surface area contributed by atoms with Gasteiger partial charge in [-0.05, 0) is 26.7 Å². The SMILES string of the molecule is COCCn1cc(C(=O)NC(C)C)c(=O)c(C(=O)NC2CCCCCCC2)c1. The van der Waals surface area contributed by atoms with Crippen molar-refractivity contribution in [3.63, 3.8) is 0 Å². The average molecular weight is 392 g/mol. The maximum Gasteiger partial charge on any atom is 0.256 e. The fraction of sp³-hybridized carbons (Fsp3) is 0.667. The lowest BCUT2D eigenvalue weighted by atomic mass is 9.96. The van der Waals surface area contributed by atoms with Gasteiger partial charge in [0.2, 0.25) is 5.43 Å². The van der Waals surface area contributed by atoms with Gasteiger partial charge in [-0.2, -0.15) is 0 Å². The van der Waals surface area contributed by atoms with Gasteiger partial charge in [-0.3, -0.25) is 14.4 Å². The number of pyridine rings is 1. The highest BCUT2D eigenvalue weighted by Crippen LogP contribution is 2.17. The molecule has 0 radical (unpaired) electrons. The number of carbonyl (C=O) groups excluding carboxylic acids is 2. The summed E-state index contributed by atoms with van der Waals surface area (Å²) in [6, 6.07) is -0.0282. The summed E-state index contributed by atoms with van der Waals surface area (Å²) in [5.41, 5.74) is -0.542. The van der Waals surface area contributed by atoms with E-state index >= 15 is 0 Å². The largest absolute Gasteiger partial charge is 0.383 e. The summed E-state index contributed by atoms with van der Waals surface area (Å²) in [5, 5.41) is 5.75. The molecule has 0 atom stereocenters. The smallest absolute Gasteiger partial charge is 0.256 e. The number of amides is 2. The predicted octanol–water partition coefficient (Wildman–Crippen LogP) is 2.48. The third kappa shape index (κ3) is 6.48. The molecule has 28 heavy (non-hydrogen) atoms. The zero-order chi connectivity index (χ0) is 20.5. The second-order valence-electron chi connectivity index (χ2n) is 7.79. The molecule has 0 aromatic carbocycles. The Morgan fingerprint density at radius 1 is 1.07 bits per heavy atom. The first kappa shape index (κ1) is 22.1. The molecule has 0 saturated heterocycles. The molecule has 7 heteroatoms. The Bertz CT molecular complexity index is 719. The van der Waals surface area contributed by atoms with Crippen LogP contribution in [0.1, 0.15) is 79.5 Å². The van der Waals surface area contributed by atoms with Crippen molar-refractivity contribution in [3.05, 3.63) is 33.7 Å². The normalized spacial score (nSPS) is 15.7. The molecule has 1 aromatic heterocycles. The molecule has 156 valence electrons. The molecular formula is C21H33N3O4.